The monoisotopic (exact) mass is 228 g/mol. The lowest BCUT2D eigenvalue weighted by molar-refractivity contribution is 0.407. The molecule has 3 N–H and O–H groups in total. The molecule has 17 heavy (non-hydrogen) atoms. The van der Waals surface area contributed by atoms with Gasteiger partial charge in [0.15, 0.2) is 0 Å². The second-order valence-corrected chi connectivity index (χ2v) is 4.43. The van der Waals surface area contributed by atoms with Crippen LogP contribution in [0.15, 0.2) is 36.4 Å². The standard InChI is InChI=1S/C14H16N2O/c17-13-6-5-10-3-1-2-4-11(10)14(13)12-9-15-7-8-16-12/h1-6,12,15-17H,7-9H2/t12-/m1/s1. The molecule has 1 saturated heterocycles. The van der Waals surface area contributed by atoms with Crippen molar-refractivity contribution in [2.24, 2.45) is 0 Å². The first kappa shape index (κ1) is 10.6. The number of hydrogen-bond donors (Lipinski definition) is 3. The summed E-state index contributed by atoms with van der Waals surface area (Å²) in [5.41, 5.74) is 1.01. The van der Waals surface area contributed by atoms with E-state index < -0.39 is 0 Å². The molecule has 0 aromatic heterocycles. The Bertz CT molecular complexity index is 533. The maximum absolute atomic E-state index is 10.1. The van der Waals surface area contributed by atoms with Crippen LogP contribution in [0.3, 0.4) is 0 Å². The first-order valence-corrected chi connectivity index (χ1v) is 6.01. The van der Waals surface area contributed by atoms with E-state index in [4.69, 9.17) is 0 Å². The molecule has 2 aromatic carbocycles. The summed E-state index contributed by atoms with van der Waals surface area (Å²) in [7, 11) is 0. The number of benzene rings is 2. The predicted molar refractivity (Wildman–Crippen MR) is 69.2 cm³/mol. The summed E-state index contributed by atoms with van der Waals surface area (Å²) < 4.78 is 0. The number of aromatic hydroxyl groups is 1. The Morgan fingerprint density at radius 1 is 1.06 bits per heavy atom. The number of hydrogen-bond acceptors (Lipinski definition) is 3. The van der Waals surface area contributed by atoms with E-state index in [1.165, 1.54) is 5.39 Å². The third kappa shape index (κ3) is 1.88. The van der Waals surface area contributed by atoms with Crippen LogP contribution in [0.5, 0.6) is 5.75 Å². The van der Waals surface area contributed by atoms with Gasteiger partial charge in [0, 0.05) is 31.2 Å². The van der Waals surface area contributed by atoms with Crippen LogP contribution < -0.4 is 10.6 Å². The second-order valence-electron chi connectivity index (χ2n) is 4.43. The van der Waals surface area contributed by atoms with Gasteiger partial charge in [-0.2, -0.15) is 0 Å². The molecule has 3 heteroatoms. The maximum atomic E-state index is 10.1. The highest BCUT2D eigenvalue weighted by atomic mass is 16.3. The highest BCUT2D eigenvalue weighted by Crippen LogP contribution is 2.32. The summed E-state index contributed by atoms with van der Waals surface area (Å²) in [5, 5.41) is 19.2. The molecule has 1 aliphatic heterocycles. The summed E-state index contributed by atoms with van der Waals surface area (Å²) >= 11 is 0. The van der Waals surface area contributed by atoms with Crippen LogP contribution in [0.4, 0.5) is 0 Å². The molecule has 1 heterocycles. The minimum atomic E-state index is 0.190. The summed E-state index contributed by atoms with van der Waals surface area (Å²) in [6.07, 6.45) is 0. The van der Waals surface area contributed by atoms with Crippen LogP contribution in [0, 0.1) is 0 Å². The van der Waals surface area contributed by atoms with Crippen molar-refractivity contribution >= 4 is 10.8 Å². The summed E-state index contributed by atoms with van der Waals surface area (Å²) in [6, 6.07) is 12.1. The molecule has 0 bridgehead atoms. The minimum Gasteiger partial charge on any atom is -0.508 e. The van der Waals surface area contributed by atoms with Crippen molar-refractivity contribution in [2.45, 2.75) is 6.04 Å². The Hall–Kier alpha value is -1.58. The normalized spacial score (nSPS) is 20.6. The summed E-state index contributed by atoms with van der Waals surface area (Å²) in [6.45, 7) is 2.79. The molecule has 1 atom stereocenters. The van der Waals surface area contributed by atoms with E-state index in [2.05, 4.69) is 22.8 Å². The van der Waals surface area contributed by atoms with Crippen molar-refractivity contribution in [3.63, 3.8) is 0 Å². The molecule has 3 rings (SSSR count). The van der Waals surface area contributed by atoms with E-state index in [-0.39, 0.29) is 6.04 Å². The van der Waals surface area contributed by atoms with E-state index >= 15 is 0 Å². The van der Waals surface area contributed by atoms with Crippen LogP contribution >= 0.6 is 0 Å². The Morgan fingerprint density at radius 2 is 1.94 bits per heavy atom. The van der Waals surface area contributed by atoms with Crippen LogP contribution in [0.25, 0.3) is 10.8 Å². The number of phenolic OH excluding ortho intramolecular Hbond substituents is 1. The molecular weight excluding hydrogens is 212 g/mol. The quantitative estimate of drug-likeness (QED) is 0.697. The Labute approximate surface area is 100 Å². The second kappa shape index (κ2) is 4.35. The smallest absolute Gasteiger partial charge is 0.121 e. The first-order chi connectivity index (χ1) is 8.36. The largest absolute Gasteiger partial charge is 0.508 e. The van der Waals surface area contributed by atoms with Gasteiger partial charge in [0.25, 0.3) is 0 Å². The van der Waals surface area contributed by atoms with Crippen molar-refractivity contribution in [3.05, 3.63) is 42.0 Å². The molecule has 0 aliphatic carbocycles. The third-order valence-corrected chi connectivity index (χ3v) is 3.34. The average molecular weight is 228 g/mol. The van der Waals surface area contributed by atoms with Gasteiger partial charge in [0.2, 0.25) is 0 Å². The lowest BCUT2D eigenvalue weighted by Crippen LogP contribution is -2.42. The average Bonchev–Trinajstić information content (AvgIpc) is 2.39. The molecule has 0 saturated carbocycles. The van der Waals surface area contributed by atoms with Gasteiger partial charge in [-0.25, -0.2) is 0 Å². The fraction of sp³-hybridized carbons (Fsp3) is 0.286. The predicted octanol–water partition coefficient (Wildman–Crippen LogP) is 1.78. The molecule has 0 radical (unpaired) electrons. The maximum Gasteiger partial charge on any atom is 0.121 e. The van der Waals surface area contributed by atoms with Crippen molar-refractivity contribution in [1.82, 2.24) is 10.6 Å². The molecule has 2 aromatic rings. The number of fused-ring (bicyclic) bond motifs is 1. The Kier molecular flexibility index (Phi) is 2.71. The zero-order chi connectivity index (χ0) is 11.7. The lowest BCUT2D eigenvalue weighted by atomic mass is 9.96. The van der Waals surface area contributed by atoms with Crippen LogP contribution in [0.2, 0.25) is 0 Å². The third-order valence-electron chi connectivity index (χ3n) is 3.34. The Morgan fingerprint density at radius 3 is 2.76 bits per heavy atom. The van der Waals surface area contributed by atoms with Gasteiger partial charge in [-0.1, -0.05) is 30.3 Å². The van der Waals surface area contributed by atoms with Crippen LogP contribution in [-0.4, -0.2) is 24.7 Å². The van der Waals surface area contributed by atoms with E-state index in [1.54, 1.807) is 6.07 Å². The summed E-state index contributed by atoms with van der Waals surface area (Å²) in [5.74, 6) is 0.380. The number of rotatable bonds is 1. The van der Waals surface area contributed by atoms with Crippen molar-refractivity contribution in [2.75, 3.05) is 19.6 Å². The molecule has 1 aliphatic rings. The molecule has 3 nitrogen and oxygen atoms in total. The zero-order valence-electron chi connectivity index (χ0n) is 9.61. The SMILES string of the molecule is Oc1ccc2ccccc2c1[C@H]1CNCCN1. The van der Waals surface area contributed by atoms with Gasteiger partial charge in [-0.3, -0.25) is 0 Å². The van der Waals surface area contributed by atoms with E-state index in [0.29, 0.717) is 5.75 Å². The van der Waals surface area contributed by atoms with E-state index in [0.717, 1.165) is 30.6 Å². The van der Waals surface area contributed by atoms with Gasteiger partial charge in [0.05, 0.1) is 0 Å². The number of piperazine rings is 1. The molecule has 0 amide bonds. The summed E-state index contributed by atoms with van der Waals surface area (Å²) in [4.78, 5) is 0. The van der Waals surface area contributed by atoms with Crippen molar-refractivity contribution in [1.29, 1.82) is 0 Å². The van der Waals surface area contributed by atoms with Crippen LogP contribution in [0.1, 0.15) is 11.6 Å². The number of nitrogens with one attached hydrogen (secondary N) is 2. The molecule has 88 valence electrons. The first-order valence-electron chi connectivity index (χ1n) is 6.01. The van der Waals surface area contributed by atoms with Crippen molar-refractivity contribution < 1.29 is 5.11 Å². The topological polar surface area (TPSA) is 44.3 Å². The highest BCUT2D eigenvalue weighted by molar-refractivity contribution is 5.88. The zero-order valence-corrected chi connectivity index (χ0v) is 9.61. The molecule has 1 fully saturated rings. The van der Waals surface area contributed by atoms with Gasteiger partial charge in [-0.05, 0) is 16.8 Å². The number of phenols is 1. The van der Waals surface area contributed by atoms with Gasteiger partial charge in [0.1, 0.15) is 5.75 Å². The lowest BCUT2D eigenvalue weighted by Gasteiger charge is -2.26. The highest BCUT2D eigenvalue weighted by Gasteiger charge is 2.19. The Balaban J connectivity index is 2.15. The molecule has 0 unspecified atom stereocenters. The van der Waals surface area contributed by atoms with Gasteiger partial charge in [-0.15, -0.1) is 0 Å². The fourth-order valence-electron chi connectivity index (χ4n) is 2.51. The van der Waals surface area contributed by atoms with Crippen molar-refractivity contribution in [3.8, 4) is 5.75 Å². The van der Waals surface area contributed by atoms with Crippen LogP contribution in [-0.2, 0) is 0 Å². The van der Waals surface area contributed by atoms with Gasteiger partial charge < -0.3 is 15.7 Å². The molecule has 0 spiro atoms. The minimum absolute atomic E-state index is 0.190. The van der Waals surface area contributed by atoms with E-state index in [9.17, 15) is 5.11 Å². The fourth-order valence-corrected chi connectivity index (χ4v) is 2.51. The molecular formula is C14H16N2O. The van der Waals surface area contributed by atoms with Gasteiger partial charge >= 0.3 is 0 Å². The van der Waals surface area contributed by atoms with E-state index in [1.807, 2.05) is 18.2 Å².